The van der Waals surface area contributed by atoms with E-state index in [1.165, 1.54) is 5.56 Å². The summed E-state index contributed by atoms with van der Waals surface area (Å²) >= 11 is 0. The van der Waals surface area contributed by atoms with Crippen molar-refractivity contribution in [2.75, 3.05) is 19.7 Å². The molecule has 0 aromatic heterocycles. The maximum absolute atomic E-state index is 12.0. The van der Waals surface area contributed by atoms with Crippen LogP contribution < -0.4 is 5.32 Å². The number of rotatable bonds is 4. The highest BCUT2D eigenvalue weighted by atomic mass is 16.5. The van der Waals surface area contributed by atoms with Crippen LogP contribution >= 0.6 is 0 Å². The van der Waals surface area contributed by atoms with E-state index < -0.39 is 0 Å². The summed E-state index contributed by atoms with van der Waals surface area (Å²) in [7, 11) is 0. The Balaban J connectivity index is 1.41. The molecular formula is C17H22N2O3. The van der Waals surface area contributed by atoms with Crippen LogP contribution in [-0.2, 0) is 20.7 Å². The van der Waals surface area contributed by atoms with Crippen molar-refractivity contribution < 1.29 is 14.3 Å². The third-order valence-electron chi connectivity index (χ3n) is 4.46. The summed E-state index contributed by atoms with van der Waals surface area (Å²) in [6.07, 6.45) is 2.05. The summed E-state index contributed by atoms with van der Waals surface area (Å²) in [5, 5.41) is 3.05. The summed E-state index contributed by atoms with van der Waals surface area (Å²) in [5.74, 6) is 0.154. The van der Waals surface area contributed by atoms with Crippen LogP contribution in [0.4, 0.5) is 0 Å². The van der Waals surface area contributed by atoms with Gasteiger partial charge in [-0.1, -0.05) is 30.3 Å². The molecule has 2 heterocycles. The lowest BCUT2D eigenvalue weighted by Crippen LogP contribution is -2.63. The molecule has 2 aliphatic rings. The fourth-order valence-corrected chi connectivity index (χ4v) is 3.23. The van der Waals surface area contributed by atoms with E-state index in [0.29, 0.717) is 26.1 Å². The van der Waals surface area contributed by atoms with Crippen molar-refractivity contribution in [3.05, 3.63) is 35.9 Å². The van der Waals surface area contributed by atoms with Gasteiger partial charge in [0.25, 0.3) is 0 Å². The molecule has 2 fully saturated rings. The van der Waals surface area contributed by atoms with Crippen molar-refractivity contribution in [2.24, 2.45) is 0 Å². The van der Waals surface area contributed by atoms with Gasteiger partial charge in [-0.05, 0) is 12.0 Å². The summed E-state index contributed by atoms with van der Waals surface area (Å²) in [6.45, 7) is 3.42. The number of amides is 2. The number of ether oxygens (including phenoxy) is 1. The van der Waals surface area contributed by atoms with E-state index >= 15 is 0 Å². The molecule has 2 saturated heterocycles. The third kappa shape index (κ3) is 3.30. The lowest BCUT2D eigenvalue weighted by molar-refractivity contribution is -0.155. The predicted octanol–water partition coefficient (Wildman–Crippen LogP) is 1.13. The molecule has 5 nitrogen and oxygen atoms in total. The highest BCUT2D eigenvalue weighted by Gasteiger charge is 2.50. The molecule has 0 radical (unpaired) electrons. The zero-order valence-electron chi connectivity index (χ0n) is 12.9. The molecule has 1 unspecified atom stereocenters. The average Bonchev–Trinajstić information content (AvgIpc) is 2.89. The molecule has 2 aliphatic heterocycles. The number of nitrogens with one attached hydrogen (secondary N) is 1. The van der Waals surface area contributed by atoms with Gasteiger partial charge in [0.05, 0.1) is 25.7 Å². The van der Waals surface area contributed by atoms with Gasteiger partial charge in [-0.25, -0.2) is 0 Å². The van der Waals surface area contributed by atoms with Crippen LogP contribution in [0.1, 0.15) is 25.3 Å². The number of likely N-dealkylation sites (tertiary alicyclic amines) is 1. The molecular weight excluding hydrogens is 280 g/mol. The first-order valence-corrected chi connectivity index (χ1v) is 7.79. The Kier molecular flexibility index (Phi) is 4.16. The normalized spacial score (nSPS) is 22.4. The summed E-state index contributed by atoms with van der Waals surface area (Å²) in [5.41, 5.74) is 0.955. The zero-order chi connectivity index (χ0) is 15.6. The van der Waals surface area contributed by atoms with E-state index in [1.54, 1.807) is 11.8 Å². The summed E-state index contributed by atoms with van der Waals surface area (Å²) < 4.78 is 5.82. The van der Waals surface area contributed by atoms with Crippen LogP contribution in [-0.4, -0.2) is 48.1 Å². The molecule has 1 atom stereocenters. The Hall–Kier alpha value is -1.88. The Morgan fingerprint density at radius 1 is 1.32 bits per heavy atom. The minimum absolute atomic E-state index is 0.0669. The molecule has 0 bridgehead atoms. The minimum Gasteiger partial charge on any atom is -0.369 e. The Labute approximate surface area is 130 Å². The minimum atomic E-state index is -0.219. The maximum Gasteiger partial charge on any atom is 0.220 e. The average molecular weight is 302 g/mol. The lowest BCUT2D eigenvalue weighted by Gasteiger charge is -2.46. The van der Waals surface area contributed by atoms with E-state index in [9.17, 15) is 9.59 Å². The quantitative estimate of drug-likeness (QED) is 0.907. The maximum atomic E-state index is 12.0. The number of hydrogen-bond donors (Lipinski definition) is 1. The number of hydrogen-bond acceptors (Lipinski definition) is 3. The van der Waals surface area contributed by atoms with Crippen molar-refractivity contribution >= 4 is 11.8 Å². The van der Waals surface area contributed by atoms with Crippen LogP contribution in [0.15, 0.2) is 30.3 Å². The van der Waals surface area contributed by atoms with Gasteiger partial charge in [-0.15, -0.1) is 0 Å². The van der Waals surface area contributed by atoms with Gasteiger partial charge in [-0.2, -0.15) is 0 Å². The van der Waals surface area contributed by atoms with Crippen LogP contribution in [0.2, 0.25) is 0 Å². The molecule has 2 amide bonds. The third-order valence-corrected chi connectivity index (χ3v) is 4.46. The molecule has 3 rings (SSSR count). The topological polar surface area (TPSA) is 58.6 Å². The van der Waals surface area contributed by atoms with E-state index in [0.717, 1.165) is 12.8 Å². The highest BCUT2D eigenvalue weighted by molar-refractivity contribution is 5.76. The second-order valence-electron chi connectivity index (χ2n) is 6.32. The van der Waals surface area contributed by atoms with Crippen molar-refractivity contribution in [3.8, 4) is 0 Å². The predicted molar refractivity (Wildman–Crippen MR) is 82.2 cm³/mol. The summed E-state index contributed by atoms with van der Waals surface area (Å²) in [6, 6.07) is 10.1. The molecule has 0 aliphatic carbocycles. The standard InChI is InChI=1S/C17H22N2O3/c1-13(20)19-11-17(12-19)9-15(10-22-17)18-16(21)8-7-14-5-3-2-4-6-14/h2-6,15H,7-12H2,1H3,(H,18,21). The van der Waals surface area contributed by atoms with Gasteiger partial charge < -0.3 is 15.0 Å². The van der Waals surface area contributed by atoms with Gasteiger partial charge in [-0.3, -0.25) is 9.59 Å². The van der Waals surface area contributed by atoms with Crippen LogP contribution in [0.5, 0.6) is 0 Å². The largest absolute Gasteiger partial charge is 0.369 e. The molecule has 118 valence electrons. The second kappa shape index (κ2) is 6.08. The van der Waals surface area contributed by atoms with Crippen molar-refractivity contribution in [1.29, 1.82) is 0 Å². The number of benzene rings is 1. The number of nitrogens with zero attached hydrogens (tertiary/aromatic N) is 1. The zero-order valence-corrected chi connectivity index (χ0v) is 12.9. The molecule has 22 heavy (non-hydrogen) atoms. The number of carbonyl (C=O) groups excluding carboxylic acids is 2. The SMILES string of the molecule is CC(=O)N1CC2(CC(NC(=O)CCc3ccccc3)CO2)C1. The van der Waals surface area contributed by atoms with Crippen LogP contribution in [0.25, 0.3) is 0 Å². The van der Waals surface area contributed by atoms with Crippen molar-refractivity contribution in [2.45, 2.75) is 37.8 Å². The van der Waals surface area contributed by atoms with Gasteiger partial charge in [0.1, 0.15) is 5.60 Å². The van der Waals surface area contributed by atoms with Crippen molar-refractivity contribution in [3.63, 3.8) is 0 Å². The molecule has 1 aromatic rings. The number of aryl methyl sites for hydroxylation is 1. The van der Waals surface area contributed by atoms with Crippen molar-refractivity contribution in [1.82, 2.24) is 10.2 Å². The second-order valence-corrected chi connectivity index (χ2v) is 6.32. The van der Waals surface area contributed by atoms with E-state index in [1.807, 2.05) is 30.3 Å². The monoisotopic (exact) mass is 302 g/mol. The number of carbonyl (C=O) groups is 2. The van der Waals surface area contributed by atoms with E-state index in [4.69, 9.17) is 4.74 Å². The van der Waals surface area contributed by atoms with Gasteiger partial charge in [0, 0.05) is 19.8 Å². The van der Waals surface area contributed by atoms with E-state index in [-0.39, 0.29) is 23.5 Å². The lowest BCUT2D eigenvalue weighted by atomic mass is 9.89. The van der Waals surface area contributed by atoms with E-state index in [2.05, 4.69) is 5.32 Å². The Morgan fingerprint density at radius 2 is 2.05 bits per heavy atom. The molecule has 5 heteroatoms. The molecule has 0 saturated carbocycles. The smallest absolute Gasteiger partial charge is 0.220 e. The van der Waals surface area contributed by atoms with Gasteiger partial charge >= 0.3 is 0 Å². The Morgan fingerprint density at radius 3 is 2.73 bits per heavy atom. The Bertz CT molecular complexity index is 552. The first-order chi connectivity index (χ1) is 10.6. The highest BCUT2D eigenvalue weighted by Crippen LogP contribution is 2.35. The van der Waals surface area contributed by atoms with Crippen LogP contribution in [0, 0.1) is 0 Å². The fraction of sp³-hybridized carbons (Fsp3) is 0.529. The fourth-order valence-electron chi connectivity index (χ4n) is 3.23. The first-order valence-electron chi connectivity index (χ1n) is 7.79. The molecule has 1 N–H and O–H groups in total. The molecule has 1 aromatic carbocycles. The summed E-state index contributed by atoms with van der Waals surface area (Å²) in [4.78, 5) is 25.1. The van der Waals surface area contributed by atoms with Gasteiger partial charge in [0.15, 0.2) is 0 Å². The first kappa shape index (κ1) is 15.0. The van der Waals surface area contributed by atoms with Crippen LogP contribution in [0.3, 0.4) is 0 Å². The van der Waals surface area contributed by atoms with Gasteiger partial charge in [0.2, 0.25) is 11.8 Å². The molecule has 1 spiro atoms.